The van der Waals surface area contributed by atoms with E-state index >= 15 is 0 Å². The first kappa shape index (κ1) is 9.65. The van der Waals surface area contributed by atoms with E-state index in [0.29, 0.717) is 12.8 Å². The zero-order valence-corrected chi connectivity index (χ0v) is 7.69. The summed E-state index contributed by atoms with van der Waals surface area (Å²) < 4.78 is 13.7. The Balaban J connectivity index is 2.80. The van der Waals surface area contributed by atoms with Crippen LogP contribution in [-0.2, 0) is 4.79 Å². The quantitative estimate of drug-likeness (QED) is 0.638. The highest BCUT2D eigenvalue weighted by molar-refractivity contribution is 5.62. The van der Waals surface area contributed by atoms with E-state index in [0.717, 1.165) is 19.4 Å². The van der Waals surface area contributed by atoms with E-state index in [9.17, 15) is 9.18 Å². The zero-order valence-electron chi connectivity index (χ0n) is 7.69. The van der Waals surface area contributed by atoms with Crippen LogP contribution in [0.25, 0.3) is 0 Å². The van der Waals surface area contributed by atoms with Gasteiger partial charge in [-0.2, -0.15) is 0 Å². The van der Waals surface area contributed by atoms with Crippen molar-refractivity contribution in [2.45, 2.75) is 32.4 Å². The lowest BCUT2D eigenvalue weighted by Crippen LogP contribution is -2.48. The monoisotopic (exact) mass is 173 g/mol. The van der Waals surface area contributed by atoms with Crippen molar-refractivity contribution in [3.05, 3.63) is 0 Å². The minimum atomic E-state index is -1.39. The highest BCUT2D eigenvalue weighted by Crippen LogP contribution is 2.40. The average molecular weight is 173 g/mol. The molecule has 1 aliphatic rings. The van der Waals surface area contributed by atoms with Crippen molar-refractivity contribution in [1.29, 1.82) is 0 Å². The Hall–Kier alpha value is -0.440. The zero-order chi connectivity index (χ0) is 9.24. The number of alkyl halides is 1. The number of halogens is 1. The van der Waals surface area contributed by atoms with E-state index < -0.39 is 11.1 Å². The first-order valence-corrected chi connectivity index (χ1v) is 4.38. The van der Waals surface area contributed by atoms with E-state index in [-0.39, 0.29) is 0 Å². The number of hydrogen-bond donors (Lipinski definition) is 1. The number of piperidine rings is 1. The van der Waals surface area contributed by atoms with E-state index in [1.807, 2.05) is 0 Å². The van der Waals surface area contributed by atoms with Crippen LogP contribution in [0.1, 0.15) is 26.7 Å². The van der Waals surface area contributed by atoms with Gasteiger partial charge in [-0.15, -0.1) is 0 Å². The third kappa shape index (κ3) is 1.51. The summed E-state index contributed by atoms with van der Waals surface area (Å²) in [6.07, 6.45) is 2.02. The molecule has 1 aliphatic heterocycles. The number of aldehydes is 1. The van der Waals surface area contributed by atoms with Crippen LogP contribution in [0, 0.1) is 5.41 Å². The molecule has 1 fully saturated rings. The van der Waals surface area contributed by atoms with Crippen molar-refractivity contribution in [3.8, 4) is 0 Å². The summed E-state index contributed by atoms with van der Waals surface area (Å²) in [5.41, 5.74) is -2.14. The largest absolute Gasteiger partial charge is 0.317 e. The molecule has 0 unspecified atom stereocenters. The van der Waals surface area contributed by atoms with Gasteiger partial charge < -0.3 is 10.1 Å². The molecule has 0 atom stereocenters. The lowest BCUT2D eigenvalue weighted by Gasteiger charge is -2.40. The van der Waals surface area contributed by atoms with Crippen LogP contribution in [0.2, 0.25) is 0 Å². The van der Waals surface area contributed by atoms with Crippen molar-refractivity contribution < 1.29 is 9.18 Å². The number of rotatable bonds is 2. The highest BCUT2D eigenvalue weighted by Gasteiger charge is 2.46. The van der Waals surface area contributed by atoms with Gasteiger partial charge in [0.15, 0.2) is 0 Å². The molecule has 0 radical (unpaired) electrons. The fraction of sp³-hybridized carbons (Fsp3) is 0.889. The van der Waals surface area contributed by atoms with Crippen LogP contribution in [0.4, 0.5) is 4.39 Å². The third-order valence-electron chi connectivity index (χ3n) is 2.91. The number of nitrogens with one attached hydrogen (secondary N) is 1. The second-order valence-corrected chi connectivity index (χ2v) is 4.00. The Morgan fingerprint density at radius 3 is 2.17 bits per heavy atom. The van der Waals surface area contributed by atoms with Gasteiger partial charge in [-0.3, -0.25) is 0 Å². The summed E-state index contributed by atoms with van der Waals surface area (Å²) in [6.45, 7) is 4.47. The molecule has 3 heteroatoms. The number of hydrogen-bond acceptors (Lipinski definition) is 2. The molecule has 1 rings (SSSR count). The standard InChI is InChI=1S/C9H16FNO/c1-8(2,10)9(7-12)3-5-11-6-4-9/h7,11H,3-6H2,1-2H3. The first-order valence-electron chi connectivity index (χ1n) is 4.38. The Morgan fingerprint density at radius 1 is 1.42 bits per heavy atom. The molecule has 0 spiro atoms. The Morgan fingerprint density at radius 2 is 1.92 bits per heavy atom. The number of carbonyl (C=O) groups is 1. The minimum Gasteiger partial charge on any atom is -0.317 e. The molecule has 0 amide bonds. The molecule has 1 saturated heterocycles. The fourth-order valence-electron chi connectivity index (χ4n) is 1.73. The van der Waals surface area contributed by atoms with Gasteiger partial charge in [0.1, 0.15) is 12.0 Å². The van der Waals surface area contributed by atoms with Gasteiger partial charge in [0.25, 0.3) is 0 Å². The summed E-state index contributed by atoms with van der Waals surface area (Å²) in [5, 5.41) is 3.12. The Labute approximate surface area is 72.5 Å². The number of carbonyl (C=O) groups excluding carboxylic acids is 1. The Bertz CT molecular complexity index is 168. The average Bonchev–Trinajstić information content (AvgIpc) is 2.04. The first-order chi connectivity index (χ1) is 5.52. The maximum Gasteiger partial charge on any atom is 0.129 e. The van der Waals surface area contributed by atoms with Gasteiger partial charge in [0.2, 0.25) is 0 Å². The molecule has 12 heavy (non-hydrogen) atoms. The summed E-state index contributed by atoms with van der Waals surface area (Å²) in [5.74, 6) is 0. The summed E-state index contributed by atoms with van der Waals surface area (Å²) in [7, 11) is 0. The molecule has 1 heterocycles. The molecule has 0 saturated carbocycles. The second-order valence-electron chi connectivity index (χ2n) is 4.00. The molecule has 0 aromatic heterocycles. The van der Waals surface area contributed by atoms with E-state index in [1.165, 1.54) is 13.8 Å². The molecule has 2 nitrogen and oxygen atoms in total. The van der Waals surface area contributed by atoms with Gasteiger partial charge >= 0.3 is 0 Å². The van der Waals surface area contributed by atoms with Crippen LogP contribution >= 0.6 is 0 Å². The normalized spacial score (nSPS) is 23.6. The predicted octanol–water partition coefficient (Wildman–Crippen LogP) is 1.30. The molecule has 0 aromatic rings. The summed E-state index contributed by atoms with van der Waals surface area (Å²) in [4.78, 5) is 10.9. The molecule has 0 aliphatic carbocycles. The SMILES string of the molecule is CC(C)(F)C1(C=O)CCNCC1. The molecule has 70 valence electrons. The van der Waals surface area contributed by atoms with Crippen molar-refractivity contribution in [3.63, 3.8) is 0 Å². The lowest BCUT2D eigenvalue weighted by molar-refractivity contribution is -0.126. The van der Waals surface area contributed by atoms with E-state index in [2.05, 4.69) is 5.32 Å². The van der Waals surface area contributed by atoms with Crippen LogP contribution in [0.5, 0.6) is 0 Å². The molecular weight excluding hydrogens is 157 g/mol. The smallest absolute Gasteiger partial charge is 0.129 e. The lowest BCUT2D eigenvalue weighted by atomic mass is 9.70. The minimum absolute atomic E-state index is 0.611. The topological polar surface area (TPSA) is 29.1 Å². The highest BCUT2D eigenvalue weighted by atomic mass is 19.1. The van der Waals surface area contributed by atoms with Crippen molar-refractivity contribution >= 4 is 6.29 Å². The van der Waals surface area contributed by atoms with Gasteiger partial charge in [-0.25, -0.2) is 4.39 Å². The van der Waals surface area contributed by atoms with E-state index in [4.69, 9.17) is 0 Å². The van der Waals surface area contributed by atoms with Crippen molar-refractivity contribution in [2.75, 3.05) is 13.1 Å². The molecule has 1 N–H and O–H groups in total. The summed E-state index contributed by atoms with van der Waals surface area (Å²) >= 11 is 0. The van der Waals surface area contributed by atoms with Crippen molar-refractivity contribution in [1.82, 2.24) is 5.32 Å². The fourth-order valence-corrected chi connectivity index (χ4v) is 1.73. The van der Waals surface area contributed by atoms with Crippen LogP contribution in [0.15, 0.2) is 0 Å². The maximum atomic E-state index is 13.7. The van der Waals surface area contributed by atoms with Gasteiger partial charge in [0.05, 0.1) is 5.41 Å². The predicted molar refractivity (Wildman–Crippen MR) is 45.8 cm³/mol. The van der Waals surface area contributed by atoms with Crippen molar-refractivity contribution in [2.24, 2.45) is 5.41 Å². The second kappa shape index (κ2) is 3.13. The molecule has 0 aromatic carbocycles. The molecule has 0 bridgehead atoms. The van der Waals surface area contributed by atoms with Crippen LogP contribution in [-0.4, -0.2) is 25.0 Å². The molecular formula is C9H16FNO. The third-order valence-corrected chi connectivity index (χ3v) is 2.91. The maximum absolute atomic E-state index is 13.7. The summed E-state index contributed by atoms with van der Waals surface area (Å²) in [6, 6.07) is 0. The van der Waals surface area contributed by atoms with Gasteiger partial charge in [0, 0.05) is 0 Å². The Kier molecular flexibility index (Phi) is 2.52. The van der Waals surface area contributed by atoms with Crippen LogP contribution in [0.3, 0.4) is 0 Å². The van der Waals surface area contributed by atoms with E-state index in [1.54, 1.807) is 0 Å². The van der Waals surface area contributed by atoms with Crippen LogP contribution < -0.4 is 5.32 Å². The van der Waals surface area contributed by atoms with Gasteiger partial charge in [-0.1, -0.05) is 0 Å². The van der Waals surface area contributed by atoms with Gasteiger partial charge in [-0.05, 0) is 39.8 Å².